The van der Waals surface area contributed by atoms with Gasteiger partial charge in [0.25, 0.3) is 0 Å². The van der Waals surface area contributed by atoms with E-state index in [1.807, 2.05) is 18.2 Å². The minimum absolute atomic E-state index is 0.195. The van der Waals surface area contributed by atoms with E-state index in [4.69, 9.17) is 4.42 Å². The van der Waals surface area contributed by atoms with Gasteiger partial charge in [-0.3, -0.25) is 4.79 Å². The van der Waals surface area contributed by atoms with Gasteiger partial charge < -0.3 is 9.52 Å². The molecule has 0 atom stereocenters. The second-order valence-electron chi connectivity index (χ2n) is 4.12. The first-order chi connectivity index (χ1) is 9.16. The van der Waals surface area contributed by atoms with Crippen LogP contribution in [0.2, 0.25) is 0 Å². The van der Waals surface area contributed by atoms with E-state index in [-0.39, 0.29) is 11.5 Å². The Bertz CT molecular complexity index is 807. The molecule has 0 aliphatic rings. The Morgan fingerprint density at radius 3 is 2.53 bits per heavy atom. The van der Waals surface area contributed by atoms with Crippen molar-refractivity contribution < 1.29 is 9.52 Å². The molecule has 3 rings (SSSR count). The quantitative estimate of drug-likeness (QED) is 0.740. The van der Waals surface area contributed by atoms with E-state index < -0.39 is 5.43 Å². The summed E-state index contributed by atoms with van der Waals surface area (Å²) in [5.74, 6) is -0.169. The molecule has 0 unspecified atom stereocenters. The van der Waals surface area contributed by atoms with Crippen molar-refractivity contribution >= 4 is 26.9 Å². The SMILES string of the molecule is O=c1c(O)c(-c2ccccc2)oc2ccc(Br)cc12. The average molecular weight is 317 g/mol. The maximum absolute atomic E-state index is 12.1. The van der Waals surface area contributed by atoms with Crippen LogP contribution in [0.5, 0.6) is 5.75 Å². The maximum Gasteiger partial charge on any atom is 0.235 e. The number of fused-ring (bicyclic) bond motifs is 1. The first-order valence-electron chi connectivity index (χ1n) is 5.67. The molecule has 0 bridgehead atoms. The molecule has 2 aromatic carbocycles. The molecular weight excluding hydrogens is 308 g/mol. The van der Waals surface area contributed by atoms with Crippen LogP contribution in [-0.4, -0.2) is 5.11 Å². The van der Waals surface area contributed by atoms with E-state index >= 15 is 0 Å². The second-order valence-corrected chi connectivity index (χ2v) is 5.03. The summed E-state index contributed by atoms with van der Waals surface area (Å²) in [5, 5.41) is 10.4. The van der Waals surface area contributed by atoms with E-state index in [9.17, 15) is 9.90 Å². The number of aromatic hydroxyl groups is 1. The predicted molar refractivity (Wildman–Crippen MR) is 77.3 cm³/mol. The fourth-order valence-electron chi connectivity index (χ4n) is 1.94. The molecule has 3 aromatic rings. The lowest BCUT2D eigenvalue weighted by atomic mass is 10.1. The molecular formula is C15H9BrO3. The lowest BCUT2D eigenvalue weighted by Gasteiger charge is -2.05. The van der Waals surface area contributed by atoms with Crippen LogP contribution in [0.25, 0.3) is 22.3 Å². The van der Waals surface area contributed by atoms with Crippen molar-refractivity contribution in [3.05, 3.63) is 63.2 Å². The average Bonchev–Trinajstić information content (AvgIpc) is 2.44. The zero-order chi connectivity index (χ0) is 13.4. The molecule has 1 N–H and O–H groups in total. The lowest BCUT2D eigenvalue weighted by Crippen LogP contribution is -2.02. The third kappa shape index (κ3) is 2.04. The van der Waals surface area contributed by atoms with Crippen LogP contribution in [0, 0.1) is 0 Å². The van der Waals surface area contributed by atoms with Crippen molar-refractivity contribution in [2.75, 3.05) is 0 Å². The highest BCUT2D eigenvalue weighted by Gasteiger charge is 2.14. The molecule has 94 valence electrons. The van der Waals surface area contributed by atoms with Crippen LogP contribution in [0.4, 0.5) is 0 Å². The zero-order valence-corrected chi connectivity index (χ0v) is 11.3. The van der Waals surface area contributed by atoms with E-state index in [1.165, 1.54) is 0 Å². The second kappa shape index (κ2) is 4.55. The Morgan fingerprint density at radius 2 is 1.79 bits per heavy atom. The molecule has 0 amide bonds. The molecule has 0 aliphatic heterocycles. The molecule has 1 heterocycles. The number of halogens is 1. The van der Waals surface area contributed by atoms with Crippen LogP contribution in [0.15, 0.2) is 62.2 Å². The van der Waals surface area contributed by atoms with Gasteiger partial charge in [-0.05, 0) is 18.2 Å². The Hall–Kier alpha value is -2.07. The summed E-state index contributed by atoms with van der Waals surface area (Å²) in [6.45, 7) is 0. The van der Waals surface area contributed by atoms with Crippen molar-refractivity contribution in [2.24, 2.45) is 0 Å². The van der Waals surface area contributed by atoms with Crippen molar-refractivity contribution in [1.29, 1.82) is 0 Å². The fraction of sp³-hybridized carbons (Fsp3) is 0. The van der Waals surface area contributed by atoms with Crippen LogP contribution < -0.4 is 5.43 Å². The van der Waals surface area contributed by atoms with E-state index in [1.54, 1.807) is 30.3 Å². The summed E-state index contributed by atoms with van der Waals surface area (Å²) in [5.41, 5.74) is 0.688. The summed E-state index contributed by atoms with van der Waals surface area (Å²) >= 11 is 3.29. The van der Waals surface area contributed by atoms with Crippen molar-refractivity contribution in [2.45, 2.75) is 0 Å². The first kappa shape index (κ1) is 12.0. The normalized spacial score (nSPS) is 10.8. The van der Waals surface area contributed by atoms with Gasteiger partial charge in [-0.2, -0.15) is 0 Å². The van der Waals surface area contributed by atoms with Crippen LogP contribution in [0.3, 0.4) is 0 Å². The molecule has 0 spiro atoms. The minimum atomic E-state index is -0.429. The summed E-state index contributed by atoms with van der Waals surface area (Å²) < 4.78 is 6.41. The lowest BCUT2D eigenvalue weighted by molar-refractivity contribution is 0.449. The Labute approximate surface area is 117 Å². The maximum atomic E-state index is 12.1. The van der Waals surface area contributed by atoms with Crippen molar-refractivity contribution in [1.82, 2.24) is 0 Å². The van der Waals surface area contributed by atoms with E-state index in [2.05, 4.69) is 15.9 Å². The molecule has 4 heteroatoms. The van der Waals surface area contributed by atoms with Crippen LogP contribution >= 0.6 is 15.9 Å². The number of rotatable bonds is 1. The van der Waals surface area contributed by atoms with Gasteiger partial charge in [0.1, 0.15) is 5.58 Å². The summed E-state index contributed by atoms with van der Waals surface area (Å²) in [7, 11) is 0. The number of hydrogen-bond donors (Lipinski definition) is 1. The highest BCUT2D eigenvalue weighted by molar-refractivity contribution is 9.10. The zero-order valence-electron chi connectivity index (χ0n) is 9.76. The van der Waals surface area contributed by atoms with Gasteiger partial charge in [-0.15, -0.1) is 0 Å². The van der Waals surface area contributed by atoms with E-state index in [0.29, 0.717) is 16.5 Å². The Kier molecular flexibility index (Phi) is 2.87. The van der Waals surface area contributed by atoms with Gasteiger partial charge in [-0.1, -0.05) is 46.3 Å². The Morgan fingerprint density at radius 1 is 1.05 bits per heavy atom. The molecule has 0 fully saturated rings. The minimum Gasteiger partial charge on any atom is -0.502 e. The van der Waals surface area contributed by atoms with Crippen LogP contribution in [0.1, 0.15) is 0 Å². The highest BCUT2D eigenvalue weighted by atomic mass is 79.9. The monoisotopic (exact) mass is 316 g/mol. The Balaban J connectivity index is 2.37. The first-order valence-corrected chi connectivity index (χ1v) is 6.47. The third-order valence-corrected chi connectivity index (χ3v) is 3.36. The van der Waals surface area contributed by atoms with Gasteiger partial charge in [0.2, 0.25) is 11.2 Å². The van der Waals surface area contributed by atoms with Gasteiger partial charge in [-0.25, -0.2) is 0 Å². The molecule has 0 saturated heterocycles. The summed E-state index contributed by atoms with van der Waals surface area (Å²) in [4.78, 5) is 12.1. The molecule has 3 nitrogen and oxygen atoms in total. The summed E-state index contributed by atoms with van der Waals surface area (Å²) in [6.07, 6.45) is 0. The predicted octanol–water partition coefficient (Wildman–Crippen LogP) is 3.93. The van der Waals surface area contributed by atoms with Gasteiger partial charge in [0.15, 0.2) is 5.76 Å². The largest absolute Gasteiger partial charge is 0.502 e. The van der Waals surface area contributed by atoms with Gasteiger partial charge >= 0.3 is 0 Å². The molecule has 0 aliphatic carbocycles. The fourth-order valence-corrected chi connectivity index (χ4v) is 2.30. The smallest absolute Gasteiger partial charge is 0.235 e. The van der Waals surface area contributed by atoms with Crippen molar-refractivity contribution in [3.8, 4) is 17.1 Å². The topological polar surface area (TPSA) is 50.4 Å². The number of hydrogen-bond acceptors (Lipinski definition) is 3. The summed E-state index contributed by atoms with van der Waals surface area (Å²) in [6, 6.07) is 14.2. The van der Waals surface area contributed by atoms with Gasteiger partial charge in [0.05, 0.1) is 5.39 Å². The highest BCUT2D eigenvalue weighted by Crippen LogP contribution is 2.30. The third-order valence-electron chi connectivity index (χ3n) is 2.86. The molecule has 19 heavy (non-hydrogen) atoms. The molecule has 0 saturated carbocycles. The van der Waals surface area contributed by atoms with Crippen molar-refractivity contribution in [3.63, 3.8) is 0 Å². The van der Waals surface area contributed by atoms with Gasteiger partial charge in [0, 0.05) is 10.0 Å². The standard InChI is InChI=1S/C15H9BrO3/c16-10-6-7-12-11(8-10)13(17)14(18)15(19-12)9-4-2-1-3-5-9/h1-8,18H. The number of benzene rings is 2. The van der Waals surface area contributed by atoms with E-state index in [0.717, 1.165) is 4.47 Å². The van der Waals surface area contributed by atoms with Crippen LogP contribution in [-0.2, 0) is 0 Å². The molecule has 1 aromatic heterocycles. The molecule has 0 radical (unpaired) electrons.